The molecule has 3 heterocycles. The van der Waals surface area contributed by atoms with Crippen molar-refractivity contribution < 1.29 is 8.42 Å². The standard InChI is InChI=1S/C13H21N3O2S/c1-9(2)13-11-7-14-5-3-12(11)16(15-13)10-4-6-19(17,18)8-10/h9-10,14H,3-8H2,1-2H3. The Bertz CT molecular complexity index is 589. The first kappa shape index (κ1) is 13.1. The molecule has 0 bridgehead atoms. The first-order valence-electron chi connectivity index (χ1n) is 6.99. The summed E-state index contributed by atoms with van der Waals surface area (Å²) in [6.45, 7) is 6.11. The lowest BCUT2D eigenvalue weighted by Gasteiger charge is -2.18. The van der Waals surface area contributed by atoms with Crippen LogP contribution in [-0.2, 0) is 22.8 Å². The lowest BCUT2D eigenvalue weighted by molar-refractivity contribution is 0.465. The van der Waals surface area contributed by atoms with Crippen LogP contribution < -0.4 is 5.32 Å². The smallest absolute Gasteiger partial charge is 0.152 e. The Balaban J connectivity index is 2.02. The van der Waals surface area contributed by atoms with Crippen LogP contribution in [0, 0.1) is 0 Å². The number of nitrogens with zero attached hydrogens (tertiary/aromatic N) is 2. The third-order valence-electron chi connectivity index (χ3n) is 4.09. The molecule has 5 nitrogen and oxygen atoms in total. The zero-order valence-corrected chi connectivity index (χ0v) is 12.3. The van der Waals surface area contributed by atoms with E-state index in [4.69, 9.17) is 5.10 Å². The van der Waals surface area contributed by atoms with Gasteiger partial charge in [-0.05, 0) is 12.3 Å². The van der Waals surface area contributed by atoms with E-state index in [-0.39, 0.29) is 11.8 Å². The summed E-state index contributed by atoms with van der Waals surface area (Å²) in [6.07, 6.45) is 1.66. The van der Waals surface area contributed by atoms with Crippen LogP contribution in [0.15, 0.2) is 0 Å². The molecule has 106 valence electrons. The van der Waals surface area contributed by atoms with Crippen LogP contribution in [0.1, 0.15) is 49.2 Å². The van der Waals surface area contributed by atoms with E-state index in [9.17, 15) is 8.42 Å². The Morgan fingerprint density at radius 3 is 2.84 bits per heavy atom. The molecule has 1 aromatic rings. The van der Waals surface area contributed by atoms with Crippen molar-refractivity contribution in [1.29, 1.82) is 0 Å². The van der Waals surface area contributed by atoms with Gasteiger partial charge in [0, 0.05) is 30.8 Å². The number of nitrogens with one attached hydrogen (secondary N) is 1. The number of fused-ring (bicyclic) bond motifs is 1. The number of hydrogen-bond acceptors (Lipinski definition) is 4. The summed E-state index contributed by atoms with van der Waals surface area (Å²) in [5.74, 6) is 0.945. The van der Waals surface area contributed by atoms with Crippen LogP contribution in [-0.4, -0.2) is 36.2 Å². The number of aromatic nitrogens is 2. The van der Waals surface area contributed by atoms with Gasteiger partial charge in [-0.3, -0.25) is 4.68 Å². The van der Waals surface area contributed by atoms with Crippen molar-refractivity contribution in [2.75, 3.05) is 18.1 Å². The van der Waals surface area contributed by atoms with Crippen molar-refractivity contribution in [3.63, 3.8) is 0 Å². The zero-order chi connectivity index (χ0) is 13.6. The molecule has 1 unspecified atom stereocenters. The third kappa shape index (κ3) is 2.31. The molecule has 0 aliphatic carbocycles. The van der Waals surface area contributed by atoms with Gasteiger partial charge in [-0.2, -0.15) is 5.10 Å². The summed E-state index contributed by atoms with van der Waals surface area (Å²) >= 11 is 0. The maximum absolute atomic E-state index is 11.7. The lowest BCUT2D eigenvalue weighted by atomic mass is 10.0. The second-order valence-corrected chi connectivity index (χ2v) is 8.12. The van der Waals surface area contributed by atoms with Crippen molar-refractivity contribution in [2.24, 2.45) is 0 Å². The van der Waals surface area contributed by atoms with E-state index in [1.54, 1.807) is 0 Å². The second kappa shape index (κ2) is 4.59. The molecule has 19 heavy (non-hydrogen) atoms. The van der Waals surface area contributed by atoms with Crippen LogP contribution in [0.5, 0.6) is 0 Å². The Morgan fingerprint density at radius 1 is 1.42 bits per heavy atom. The quantitative estimate of drug-likeness (QED) is 0.880. The van der Waals surface area contributed by atoms with Crippen LogP contribution >= 0.6 is 0 Å². The molecule has 0 radical (unpaired) electrons. The molecule has 0 saturated carbocycles. The summed E-state index contributed by atoms with van der Waals surface area (Å²) < 4.78 is 25.4. The molecule has 1 saturated heterocycles. The van der Waals surface area contributed by atoms with Gasteiger partial charge in [-0.1, -0.05) is 13.8 Å². The molecular weight excluding hydrogens is 262 g/mol. The Kier molecular flexibility index (Phi) is 3.17. The fourth-order valence-corrected chi connectivity index (χ4v) is 4.83. The van der Waals surface area contributed by atoms with E-state index < -0.39 is 9.84 Å². The van der Waals surface area contributed by atoms with Crippen molar-refractivity contribution in [1.82, 2.24) is 15.1 Å². The Labute approximate surface area is 114 Å². The average molecular weight is 283 g/mol. The van der Waals surface area contributed by atoms with Gasteiger partial charge >= 0.3 is 0 Å². The van der Waals surface area contributed by atoms with Gasteiger partial charge in [-0.25, -0.2) is 8.42 Å². The van der Waals surface area contributed by atoms with Crippen molar-refractivity contribution >= 4 is 9.84 Å². The average Bonchev–Trinajstić information content (AvgIpc) is 2.89. The molecule has 0 spiro atoms. The molecule has 0 aromatic carbocycles. The monoisotopic (exact) mass is 283 g/mol. The highest BCUT2D eigenvalue weighted by Crippen LogP contribution is 2.31. The summed E-state index contributed by atoms with van der Waals surface area (Å²) in [5, 5.41) is 8.14. The van der Waals surface area contributed by atoms with E-state index in [2.05, 4.69) is 19.2 Å². The lowest BCUT2D eigenvalue weighted by Crippen LogP contribution is -2.26. The summed E-state index contributed by atoms with van der Waals surface area (Å²) in [7, 11) is -2.86. The van der Waals surface area contributed by atoms with Gasteiger partial charge in [-0.15, -0.1) is 0 Å². The highest BCUT2D eigenvalue weighted by atomic mass is 32.2. The molecule has 2 aliphatic rings. The molecule has 0 amide bonds. The van der Waals surface area contributed by atoms with Crippen molar-refractivity contribution in [3.8, 4) is 0 Å². The van der Waals surface area contributed by atoms with Crippen LogP contribution in [0.4, 0.5) is 0 Å². The van der Waals surface area contributed by atoms with E-state index in [1.165, 1.54) is 11.3 Å². The maximum atomic E-state index is 11.7. The van der Waals surface area contributed by atoms with Crippen molar-refractivity contribution in [2.45, 2.75) is 45.2 Å². The summed E-state index contributed by atoms with van der Waals surface area (Å²) in [5.41, 5.74) is 3.68. The number of hydrogen-bond donors (Lipinski definition) is 1. The maximum Gasteiger partial charge on any atom is 0.152 e. The van der Waals surface area contributed by atoms with Gasteiger partial charge in [0.2, 0.25) is 0 Å². The van der Waals surface area contributed by atoms with Gasteiger partial charge in [0.25, 0.3) is 0 Å². The zero-order valence-electron chi connectivity index (χ0n) is 11.5. The molecule has 6 heteroatoms. The highest BCUT2D eigenvalue weighted by molar-refractivity contribution is 7.91. The van der Waals surface area contributed by atoms with E-state index in [1.807, 2.05) is 4.68 Å². The van der Waals surface area contributed by atoms with Crippen molar-refractivity contribution in [3.05, 3.63) is 17.0 Å². The van der Waals surface area contributed by atoms with E-state index in [0.717, 1.165) is 25.2 Å². The molecule has 1 fully saturated rings. The predicted molar refractivity (Wildman–Crippen MR) is 74.0 cm³/mol. The minimum absolute atomic E-state index is 0.0457. The Morgan fingerprint density at radius 2 is 2.21 bits per heavy atom. The van der Waals surface area contributed by atoms with Gasteiger partial charge < -0.3 is 5.32 Å². The minimum atomic E-state index is -2.86. The molecule has 3 rings (SSSR count). The molecular formula is C13H21N3O2S. The van der Waals surface area contributed by atoms with Crippen LogP contribution in [0.25, 0.3) is 0 Å². The summed E-state index contributed by atoms with van der Waals surface area (Å²) in [4.78, 5) is 0. The van der Waals surface area contributed by atoms with Crippen LogP contribution in [0.2, 0.25) is 0 Å². The van der Waals surface area contributed by atoms with Gasteiger partial charge in [0.15, 0.2) is 9.84 Å². The number of rotatable bonds is 2. The largest absolute Gasteiger partial charge is 0.312 e. The molecule has 1 aromatic heterocycles. The van der Waals surface area contributed by atoms with Gasteiger partial charge in [0.05, 0.1) is 23.2 Å². The number of sulfone groups is 1. The van der Waals surface area contributed by atoms with Crippen LogP contribution in [0.3, 0.4) is 0 Å². The SMILES string of the molecule is CC(C)c1nn(C2CCS(=O)(=O)C2)c2c1CNCC2. The second-order valence-electron chi connectivity index (χ2n) is 5.89. The predicted octanol–water partition coefficient (Wildman–Crippen LogP) is 1.01. The minimum Gasteiger partial charge on any atom is -0.312 e. The van der Waals surface area contributed by atoms with E-state index >= 15 is 0 Å². The fourth-order valence-electron chi connectivity index (χ4n) is 3.14. The first-order chi connectivity index (χ1) is 8.98. The third-order valence-corrected chi connectivity index (χ3v) is 5.84. The highest BCUT2D eigenvalue weighted by Gasteiger charge is 2.33. The Hall–Kier alpha value is -0.880. The van der Waals surface area contributed by atoms with Gasteiger partial charge in [0.1, 0.15) is 0 Å². The normalized spacial score (nSPS) is 25.7. The topological polar surface area (TPSA) is 64.0 Å². The first-order valence-corrected chi connectivity index (χ1v) is 8.81. The molecule has 1 atom stereocenters. The molecule has 2 aliphatic heterocycles. The summed E-state index contributed by atoms with van der Waals surface area (Å²) in [6, 6.07) is 0.0457. The fraction of sp³-hybridized carbons (Fsp3) is 0.769. The van der Waals surface area contributed by atoms with E-state index in [0.29, 0.717) is 18.1 Å². The molecule has 1 N–H and O–H groups in total.